The molecule has 0 saturated heterocycles. The predicted octanol–water partition coefficient (Wildman–Crippen LogP) is 5.33. The van der Waals surface area contributed by atoms with E-state index in [2.05, 4.69) is 0 Å². The quantitative estimate of drug-likeness (QED) is 0.501. The fourth-order valence-electron chi connectivity index (χ4n) is 3.51. The molecule has 0 spiro atoms. The van der Waals surface area contributed by atoms with Crippen LogP contribution in [0.5, 0.6) is 0 Å². The van der Waals surface area contributed by atoms with Crippen molar-refractivity contribution in [1.29, 1.82) is 0 Å². The van der Waals surface area contributed by atoms with Crippen LogP contribution in [0, 0.1) is 11.6 Å². The summed E-state index contributed by atoms with van der Waals surface area (Å²) in [7, 11) is 0. The summed E-state index contributed by atoms with van der Waals surface area (Å²) >= 11 is 0. The number of hydrogen-bond donors (Lipinski definition) is 1. The summed E-state index contributed by atoms with van der Waals surface area (Å²) in [5, 5.41) is 0. The Morgan fingerprint density at radius 1 is 0.812 bits per heavy atom. The molecule has 2 N–H and O–H groups in total. The zero-order valence-corrected chi connectivity index (χ0v) is 17.0. The van der Waals surface area contributed by atoms with Crippen molar-refractivity contribution in [2.45, 2.75) is 25.4 Å². The van der Waals surface area contributed by atoms with Crippen LogP contribution >= 0.6 is 0 Å². The molecule has 2 amide bonds. The van der Waals surface area contributed by atoms with Gasteiger partial charge in [-0.1, -0.05) is 42.5 Å². The van der Waals surface area contributed by atoms with Gasteiger partial charge in [-0.15, -0.1) is 0 Å². The maximum atomic E-state index is 13.9. The van der Waals surface area contributed by atoms with Gasteiger partial charge < -0.3 is 10.6 Å². The van der Waals surface area contributed by atoms with E-state index in [4.69, 9.17) is 5.73 Å². The number of nitrogens with two attached hydrogens (primary N) is 1. The maximum Gasteiger partial charge on any atom is 0.263 e. The number of hydrogen-bond acceptors (Lipinski definition) is 2. The first kappa shape index (κ1) is 23.0. The largest absolute Gasteiger partial charge is 0.368 e. The summed E-state index contributed by atoms with van der Waals surface area (Å²) in [4.78, 5) is 27.0. The second kappa shape index (κ2) is 9.64. The molecule has 166 valence electrons. The Morgan fingerprint density at radius 3 is 1.88 bits per heavy atom. The molecule has 3 aromatic carbocycles. The average Bonchev–Trinajstić information content (AvgIpc) is 2.76. The second-order valence-electron chi connectivity index (χ2n) is 7.23. The smallest absolute Gasteiger partial charge is 0.263 e. The summed E-state index contributed by atoms with van der Waals surface area (Å²) in [6.07, 6.45) is -2.72. The second-order valence-corrected chi connectivity index (χ2v) is 7.23. The third-order valence-corrected chi connectivity index (χ3v) is 5.09. The summed E-state index contributed by atoms with van der Waals surface area (Å²) in [6, 6.07) is 13.3. The van der Waals surface area contributed by atoms with E-state index in [0.29, 0.717) is 11.6 Å². The number of primary amides is 1. The minimum Gasteiger partial charge on any atom is -0.368 e. The number of amides is 2. The first-order chi connectivity index (χ1) is 15.2. The van der Waals surface area contributed by atoms with Crippen molar-refractivity contribution in [2.24, 2.45) is 5.73 Å². The number of carbonyl (C=O) groups excluding carboxylic acids is 2. The van der Waals surface area contributed by atoms with E-state index in [9.17, 15) is 27.2 Å². The van der Waals surface area contributed by atoms with Gasteiger partial charge in [-0.2, -0.15) is 0 Å². The van der Waals surface area contributed by atoms with Gasteiger partial charge in [0.05, 0.1) is 6.04 Å². The molecule has 3 rings (SSSR count). The van der Waals surface area contributed by atoms with Crippen molar-refractivity contribution in [3.8, 4) is 0 Å². The van der Waals surface area contributed by atoms with Crippen LogP contribution in [-0.2, 0) is 4.79 Å². The molecule has 8 heteroatoms. The molecule has 0 aliphatic heterocycles. The van der Waals surface area contributed by atoms with Crippen LogP contribution < -0.4 is 5.73 Å². The number of rotatable bonds is 7. The van der Waals surface area contributed by atoms with Gasteiger partial charge in [0, 0.05) is 17.2 Å². The van der Waals surface area contributed by atoms with Gasteiger partial charge in [-0.05, 0) is 42.3 Å². The van der Waals surface area contributed by atoms with E-state index >= 15 is 0 Å². The molecule has 0 unspecified atom stereocenters. The fraction of sp³-hybridized carbons (Fsp3) is 0.167. The standard InChI is InChI=1S/C24H20F4N2O2/c1-14(18-11-19(25)13-20(26)12-18)30(21(23(29)31)15-5-3-2-4-6-15)24(32)17-9-7-16(8-10-17)22(27)28/h2-14,21-22H,1H3,(H2,29,31)/t14-,21-/m1/s1. The molecule has 4 nitrogen and oxygen atoms in total. The fourth-order valence-corrected chi connectivity index (χ4v) is 3.51. The molecule has 0 aromatic heterocycles. The van der Waals surface area contributed by atoms with Crippen LogP contribution in [0.2, 0.25) is 0 Å². The lowest BCUT2D eigenvalue weighted by molar-refractivity contribution is -0.123. The van der Waals surface area contributed by atoms with E-state index in [1.165, 1.54) is 19.1 Å². The first-order valence-electron chi connectivity index (χ1n) is 9.70. The third-order valence-electron chi connectivity index (χ3n) is 5.09. The Hall–Kier alpha value is -3.68. The molecule has 0 aliphatic carbocycles. The highest BCUT2D eigenvalue weighted by Crippen LogP contribution is 2.33. The highest BCUT2D eigenvalue weighted by atomic mass is 19.3. The predicted molar refractivity (Wildman–Crippen MR) is 111 cm³/mol. The summed E-state index contributed by atoms with van der Waals surface area (Å²) in [5.74, 6) is -3.28. The van der Waals surface area contributed by atoms with Crippen molar-refractivity contribution in [3.63, 3.8) is 0 Å². The van der Waals surface area contributed by atoms with Gasteiger partial charge in [-0.25, -0.2) is 17.6 Å². The Balaban J connectivity index is 2.13. The van der Waals surface area contributed by atoms with Gasteiger partial charge in [0.1, 0.15) is 17.7 Å². The van der Waals surface area contributed by atoms with Crippen molar-refractivity contribution in [1.82, 2.24) is 4.90 Å². The van der Waals surface area contributed by atoms with E-state index < -0.39 is 42.0 Å². The van der Waals surface area contributed by atoms with E-state index in [0.717, 1.165) is 29.2 Å². The Morgan fingerprint density at radius 2 is 1.38 bits per heavy atom. The van der Waals surface area contributed by atoms with Crippen LogP contribution in [0.4, 0.5) is 17.6 Å². The monoisotopic (exact) mass is 444 g/mol. The van der Waals surface area contributed by atoms with Crippen molar-refractivity contribution >= 4 is 11.8 Å². The van der Waals surface area contributed by atoms with Gasteiger partial charge in [0.15, 0.2) is 0 Å². The zero-order chi connectivity index (χ0) is 23.4. The number of halogens is 4. The topological polar surface area (TPSA) is 63.4 Å². The molecular weight excluding hydrogens is 424 g/mol. The van der Waals surface area contributed by atoms with Crippen molar-refractivity contribution in [2.75, 3.05) is 0 Å². The highest BCUT2D eigenvalue weighted by molar-refractivity contribution is 5.98. The zero-order valence-electron chi connectivity index (χ0n) is 17.0. The van der Waals surface area contributed by atoms with Gasteiger partial charge >= 0.3 is 0 Å². The Kier molecular flexibility index (Phi) is 6.92. The molecule has 2 atom stereocenters. The average molecular weight is 444 g/mol. The summed E-state index contributed by atoms with van der Waals surface area (Å²) in [5.41, 5.74) is 5.87. The molecular formula is C24H20F4N2O2. The van der Waals surface area contributed by atoms with Gasteiger partial charge in [0.25, 0.3) is 12.3 Å². The van der Waals surface area contributed by atoms with Crippen molar-refractivity contribution in [3.05, 3.63) is 107 Å². The van der Waals surface area contributed by atoms with Gasteiger partial charge in [0.2, 0.25) is 5.91 Å². The number of nitrogens with zero attached hydrogens (tertiary/aromatic N) is 1. The molecule has 0 heterocycles. The lowest BCUT2D eigenvalue weighted by Gasteiger charge is -2.35. The lowest BCUT2D eigenvalue weighted by atomic mass is 9.97. The normalized spacial score (nSPS) is 12.9. The number of alkyl halides is 2. The number of carbonyl (C=O) groups is 2. The lowest BCUT2D eigenvalue weighted by Crippen LogP contribution is -2.43. The molecule has 0 saturated carbocycles. The number of benzene rings is 3. The van der Waals surface area contributed by atoms with Gasteiger partial charge in [-0.3, -0.25) is 9.59 Å². The van der Waals surface area contributed by atoms with Crippen LogP contribution in [0.15, 0.2) is 72.8 Å². The molecule has 0 bridgehead atoms. The van der Waals surface area contributed by atoms with E-state index in [1.54, 1.807) is 30.3 Å². The summed E-state index contributed by atoms with van der Waals surface area (Å²) < 4.78 is 53.6. The molecule has 0 fully saturated rings. The van der Waals surface area contributed by atoms with Crippen LogP contribution in [0.25, 0.3) is 0 Å². The van der Waals surface area contributed by atoms with Crippen LogP contribution in [-0.4, -0.2) is 16.7 Å². The summed E-state index contributed by atoms with van der Waals surface area (Å²) in [6.45, 7) is 1.50. The maximum absolute atomic E-state index is 13.9. The van der Waals surface area contributed by atoms with Crippen molar-refractivity contribution < 1.29 is 27.2 Å². The third kappa shape index (κ3) is 4.96. The highest BCUT2D eigenvalue weighted by Gasteiger charge is 2.35. The van der Waals surface area contributed by atoms with E-state index in [1.807, 2.05) is 0 Å². The SMILES string of the molecule is C[C@H](c1cc(F)cc(F)c1)N(C(=O)c1ccc(C(F)F)cc1)[C@@H](C(N)=O)c1ccccc1. The van der Waals surface area contributed by atoms with Crippen LogP contribution in [0.1, 0.15) is 52.5 Å². The molecule has 32 heavy (non-hydrogen) atoms. The Labute approximate surface area is 182 Å². The van der Waals surface area contributed by atoms with E-state index in [-0.39, 0.29) is 16.7 Å². The minimum atomic E-state index is -2.72. The first-order valence-corrected chi connectivity index (χ1v) is 9.70. The Bertz CT molecular complexity index is 1080. The molecule has 3 aromatic rings. The van der Waals surface area contributed by atoms with Crippen LogP contribution in [0.3, 0.4) is 0 Å². The molecule has 0 radical (unpaired) electrons. The minimum absolute atomic E-state index is 0.0142. The molecule has 0 aliphatic rings.